The summed E-state index contributed by atoms with van der Waals surface area (Å²) in [6.45, 7) is 4.34. The average Bonchev–Trinajstić information content (AvgIpc) is 2.85. The van der Waals surface area contributed by atoms with E-state index in [9.17, 15) is 0 Å². The largest absolute Gasteiger partial charge is 0.353 e. The molecule has 1 atom stereocenters. The minimum atomic E-state index is 0.661. The summed E-state index contributed by atoms with van der Waals surface area (Å²) in [6, 6.07) is 0. The van der Waals surface area contributed by atoms with E-state index in [0.717, 1.165) is 24.6 Å². The maximum absolute atomic E-state index is 5.47. The molecule has 18 heavy (non-hydrogen) atoms. The van der Waals surface area contributed by atoms with Crippen LogP contribution in [0.5, 0.6) is 0 Å². The summed E-state index contributed by atoms with van der Waals surface area (Å²) in [5, 5.41) is 0. The van der Waals surface area contributed by atoms with Gasteiger partial charge in [0.05, 0.1) is 6.20 Å². The van der Waals surface area contributed by atoms with Gasteiger partial charge in [-0.25, -0.2) is 15.8 Å². The van der Waals surface area contributed by atoms with Crippen molar-refractivity contribution in [3.05, 3.63) is 18.6 Å². The van der Waals surface area contributed by atoms with E-state index in [2.05, 4.69) is 27.2 Å². The Morgan fingerprint density at radius 3 is 3.17 bits per heavy atom. The Labute approximate surface area is 106 Å². The van der Waals surface area contributed by atoms with Gasteiger partial charge in [-0.15, -0.1) is 0 Å². The number of fused-ring (bicyclic) bond motifs is 1. The van der Waals surface area contributed by atoms with Crippen LogP contribution < -0.4 is 16.2 Å². The van der Waals surface area contributed by atoms with Crippen molar-refractivity contribution in [2.45, 2.75) is 19.8 Å². The molecule has 3 N–H and O–H groups in total. The van der Waals surface area contributed by atoms with Crippen LogP contribution in [0.1, 0.15) is 19.8 Å². The van der Waals surface area contributed by atoms with E-state index in [-0.39, 0.29) is 0 Å². The summed E-state index contributed by atoms with van der Waals surface area (Å²) in [5.74, 6) is 7.75. The Morgan fingerprint density at radius 2 is 2.39 bits per heavy atom. The smallest absolute Gasteiger partial charge is 0.180 e. The maximum atomic E-state index is 5.47. The lowest BCUT2D eigenvalue weighted by molar-refractivity contribution is 0.445. The molecule has 0 aromatic carbocycles. The fourth-order valence-corrected chi connectivity index (χ4v) is 2.58. The minimum absolute atomic E-state index is 0.661. The molecule has 1 aliphatic heterocycles. The first-order chi connectivity index (χ1) is 8.78. The van der Waals surface area contributed by atoms with Crippen molar-refractivity contribution in [1.82, 2.24) is 14.4 Å². The number of imidazole rings is 1. The lowest BCUT2D eigenvalue weighted by Gasteiger charge is -2.32. The molecule has 1 aliphatic rings. The van der Waals surface area contributed by atoms with Crippen molar-refractivity contribution in [2.75, 3.05) is 23.4 Å². The highest BCUT2D eigenvalue weighted by molar-refractivity contribution is 5.66. The fourth-order valence-electron chi connectivity index (χ4n) is 2.58. The van der Waals surface area contributed by atoms with Gasteiger partial charge >= 0.3 is 0 Å². The van der Waals surface area contributed by atoms with E-state index in [1.807, 2.05) is 16.8 Å². The third-order valence-electron chi connectivity index (χ3n) is 3.46. The summed E-state index contributed by atoms with van der Waals surface area (Å²) >= 11 is 0. The fraction of sp³-hybridized carbons (Fsp3) is 0.500. The number of hydrogen-bond donors (Lipinski definition) is 2. The SMILES string of the molecule is CC1CCCN(c2nc(NN)cn3ccnc23)C1. The zero-order valence-corrected chi connectivity index (χ0v) is 10.5. The molecule has 1 fully saturated rings. The number of anilines is 2. The molecule has 6 nitrogen and oxygen atoms in total. The third-order valence-corrected chi connectivity index (χ3v) is 3.46. The van der Waals surface area contributed by atoms with Crippen LogP contribution in [0.3, 0.4) is 0 Å². The molecule has 0 aliphatic carbocycles. The van der Waals surface area contributed by atoms with E-state index >= 15 is 0 Å². The van der Waals surface area contributed by atoms with Gasteiger partial charge in [0.2, 0.25) is 0 Å². The summed E-state index contributed by atoms with van der Waals surface area (Å²) in [6.07, 6.45) is 8.04. The maximum Gasteiger partial charge on any atom is 0.180 e. The van der Waals surface area contributed by atoms with Crippen LogP contribution in [0.15, 0.2) is 18.6 Å². The van der Waals surface area contributed by atoms with Crippen LogP contribution >= 0.6 is 0 Å². The average molecular weight is 246 g/mol. The van der Waals surface area contributed by atoms with Gasteiger partial charge in [0.1, 0.15) is 0 Å². The van der Waals surface area contributed by atoms with Crippen LogP contribution in [0.4, 0.5) is 11.6 Å². The lowest BCUT2D eigenvalue weighted by atomic mass is 10.0. The number of hydrazine groups is 1. The number of nitrogens with two attached hydrogens (primary N) is 1. The summed E-state index contributed by atoms with van der Waals surface area (Å²) in [5.41, 5.74) is 3.50. The van der Waals surface area contributed by atoms with Crippen molar-refractivity contribution in [3.63, 3.8) is 0 Å². The van der Waals surface area contributed by atoms with Gasteiger partial charge in [0.25, 0.3) is 0 Å². The van der Waals surface area contributed by atoms with E-state index in [0.29, 0.717) is 11.7 Å². The molecular formula is C12H18N6. The van der Waals surface area contributed by atoms with Crippen LogP contribution in [0.25, 0.3) is 5.65 Å². The number of rotatable bonds is 2. The lowest BCUT2D eigenvalue weighted by Crippen LogP contribution is -2.35. The first-order valence-corrected chi connectivity index (χ1v) is 6.33. The minimum Gasteiger partial charge on any atom is -0.353 e. The number of aromatic nitrogens is 3. The van der Waals surface area contributed by atoms with Crippen LogP contribution in [-0.4, -0.2) is 27.5 Å². The molecule has 3 heterocycles. The molecule has 2 aromatic rings. The summed E-state index contributed by atoms with van der Waals surface area (Å²) in [4.78, 5) is 11.2. The summed E-state index contributed by atoms with van der Waals surface area (Å²) < 4.78 is 1.96. The Kier molecular flexibility index (Phi) is 2.79. The first-order valence-electron chi connectivity index (χ1n) is 6.33. The number of nitrogens with zero attached hydrogens (tertiary/aromatic N) is 4. The Balaban J connectivity index is 2.05. The molecule has 0 radical (unpaired) electrons. The topological polar surface area (TPSA) is 71.5 Å². The van der Waals surface area contributed by atoms with Crippen LogP contribution in [-0.2, 0) is 0 Å². The van der Waals surface area contributed by atoms with Gasteiger partial charge in [-0.1, -0.05) is 6.92 Å². The quantitative estimate of drug-likeness (QED) is 0.616. The van der Waals surface area contributed by atoms with Gasteiger partial charge in [-0.2, -0.15) is 0 Å². The summed E-state index contributed by atoms with van der Waals surface area (Å²) in [7, 11) is 0. The normalized spacial score (nSPS) is 20.3. The Hall–Kier alpha value is -1.82. The van der Waals surface area contributed by atoms with Crippen molar-refractivity contribution in [3.8, 4) is 0 Å². The van der Waals surface area contributed by atoms with Gasteiger partial charge < -0.3 is 14.7 Å². The van der Waals surface area contributed by atoms with Crippen molar-refractivity contribution >= 4 is 17.3 Å². The van der Waals surface area contributed by atoms with E-state index in [1.165, 1.54) is 12.8 Å². The molecule has 1 saturated heterocycles. The van der Waals surface area contributed by atoms with Crippen molar-refractivity contribution in [1.29, 1.82) is 0 Å². The second-order valence-corrected chi connectivity index (χ2v) is 4.95. The predicted octanol–water partition coefficient (Wildman–Crippen LogP) is 1.25. The second kappa shape index (κ2) is 4.45. The van der Waals surface area contributed by atoms with Gasteiger partial charge in [-0.3, -0.25) is 0 Å². The molecule has 0 amide bonds. The van der Waals surface area contributed by atoms with E-state index in [1.54, 1.807) is 6.20 Å². The molecule has 3 rings (SSSR count). The van der Waals surface area contributed by atoms with Crippen molar-refractivity contribution in [2.24, 2.45) is 11.8 Å². The molecule has 0 bridgehead atoms. The number of nitrogens with one attached hydrogen (secondary N) is 1. The van der Waals surface area contributed by atoms with E-state index < -0.39 is 0 Å². The number of hydrogen-bond acceptors (Lipinski definition) is 5. The molecule has 2 aromatic heterocycles. The predicted molar refractivity (Wildman–Crippen MR) is 71.4 cm³/mol. The van der Waals surface area contributed by atoms with Crippen molar-refractivity contribution < 1.29 is 0 Å². The molecule has 6 heteroatoms. The number of nitrogen functional groups attached to an aromatic ring is 1. The van der Waals surface area contributed by atoms with Crippen LogP contribution in [0.2, 0.25) is 0 Å². The van der Waals surface area contributed by atoms with Gasteiger partial charge in [0.15, 0.2) is 17.3 Å². The molecule has 1 unspecified atom stereocenters. The molecular weight excluding hydrogens is 228 g/mol. The molecule has 96 valence electrons. The highest BCUT2D eigenvalue weighted by atomic mass is 15.3. The Bertz CT molecular complexity index is 548. The molecule has 0 saturated carbocycles. The Morgan fingerprint density at radius 1 is 1.50 bits per heavy atom. The highest BCUT2D eigenvalue weighted by Crippen LogP contribution is 2.25. The number of piperidine rings is 1. The van der Waals surface area contributed by atoms with Gasteiger partial charge in [-0.05, 0) is 18.8 Å². The molecule has 0 spiro atoms. The van der Waals surface area contributed by atoms with Crippen LogP contribution in [0, 0.1) is 5.92 Å². The highest BCUT2D eigenvalue weighted by Gasteiger charge is 2.20. The second-order valence-electron chi connectivity index (χ2n) is 4.95. The zero-order chi connectivity index (χ0) is 12.5. The first kappa shape index (κ1) is 11.3. The van der Waals surface area contributed by atoms with Gasteiger partial charge in [0, 0.05) is 25.5 Å². The van der Waals surface area contributed by atoms with E-state index in [4.69, 9.17) is 5.84 Å². The third kappa shape index (κ3) is 1.88. The standard InChI is InChI=1S/C12H18N6/c1-9-3-2-5-17(7-9)12-11-14-4-6-18(11)8-10(15-12)16-13/h4,6,8-9,16H,2-3,5,7,13H2,1H3. The zero-order valence-electron chi connectivity index (χ0n) is 10.5. The monoisotopic (exact) mass is 246 g/mol.